The topological polar surface area (TPSA) is 41.6 Å². The number of nitrogens with one attached hydrogen (secondary N) is 1. The molecule has 1 saturated heterocycles. The lowest BCUT2D eigenvalue weighted by Crippen LogP contribution is -2.55. The Morgan fingerprint density at radius 3 is 2.61 bits per heavy atom. The number of carbonyl (C=O) groups excluding carboxylic acids is 1. The van der Waals surface area contributed by atoms with Gasteiger partial charge in [0.15, 0.2) is 0 Å². The number of amides is 1. The van der Waals surface area contributed by atoms with Crippen molar-refractivity contribution in [2.45, 2.75) is 32.2 Å². The van der Waals surface area contributed by atoms with E-state index in [0.717, 1.165) is 19.6 Å². The van der Waals surface area contributed by atoms with Gasteiger partial charge in [-0.25, -0.2) is 0 Å². The molecule has 0 saturated carbocycles. The first-order chi connectivity index (χ1) is 8.75. The Labute approximate surface area is 107 Å². The largest absolute Gasteiger partial charge is 0.375 e. The quantitative estimate of drug-likeness (QED) is 0.800. The maximum Gasteiger partial charge on any atom is 0.242 e. The van der Waals surface area contributed by atoms with E-state index in [1.165, 1.54) is 11.1 Å². The van der Waals surface area contributed by atoms with Crippen molar-refractivity contribution in [3.8, 4) is 0 Å². The molecule has 0 aromatic heterocycles. The lowest BCUT2D eigenvalue weighted by atomic mass is 10.1. The summed E-state index contributed by atoms with van der Waals surface area (Å²) in [7, 11) is 0. The fourth-order valence-corrected chi connectivity index (χ4v) is 2.70. The molecule has 3 rings (SSSR count). The van der Waals surface area contributed by atoms with Gasteiger partial charge in [-0.15, -0.1) is 0 Å². The molecule has 4 nitrogen and oxygen atoms in total. The molecule has 1 aromatic rings. The minimum atomic E-state index is -0.201. The second-order valence-corrected chi connectivity index (χ2v) is 4.97. The normalized spacial score (nSPS) is 27.1. The number of carbonyl (C=O) groups is 1. The molecule has 18 heavy (non-hydrogen) atoms. The number of rotatable bonds is 1. The van der Waals surface area contributed by atoms with Crippen molar-refractivity contribution in [3.05, 3.63) is 35.4 Å². The summed E-state index contributed by atoms with van der Waals surface area (Å²) in [5.41, 5.74) is 2.52. The van der Waals surface area contributed by atoms with Crippen molar-refractivity contribution in [3.63, 3.8) is 0 Å². The summed E-state index contributed by atoms with van der Waals surface area (Å²) in [5.74, 6) is 0.151. The van der Waals surface area contributed by atoms with Crippen LogP contribution in [0.15, 0.2) is 24.3 Å². The molecule has 0 unspecified atom stereocenters. The molecule has 2 atom stereocenters. The SMILES string of the molecule is C[C@H]1OCCN[C@@H]1C(=O)N1Cc2ccccc2C1. The Hall–Kier alpha value is -1.39. The van der Waals surface area contributed by atoms with Gasteiger partial charge < -0.3 is 15.0 Å². The molecule has 1 fully saturated rings. The summed E-state index contributed by atoms with van der Waals surface area (Å²) in [5, 5.41) is 3.26. The summed E-state index contributed by atoms with van der Waals surface area (Å²) in [4.78, 5) is 14.4. The van der Waals surface area contributed by atoms with E-state index in [2.05, 4.69) is 17.4 Å². The first kappa shape index (κ1) is 11.7. The smallest absolute Gasteiger partial charge is 0.242 e. The third-order valence-electron chi connectivity index (χ3n) is 3.73. The highest BCUT2D eigenvalue weighted by atomic mass is 16.5. The molecule has 1 amide bonds. The number of morpholine rings is 1. The van der Waals surface area contributed by atoms with Gasteiger partial charge in [-0.2, -0.15) is 0 Å². The van der Waals surface area contributed by atoms with E-state index in [-0.39, 0.29) is 18.1 Å². The summed E-state index contributed by atoms with van der Waals surface area (Å²) >= 11 is 0. The zero-order chi connectivity index (χ0) is 12.5. The van der Waals surface area contributed by atoms with Crippen molar-refractivity contribution < 1.29 is 9.53 Å². The zero-order valence-electron chi connectivity index (χ0n) is 10.6. The average Bonchev–Trinajstić information content (AvgIpc) is 2.82. The van der Waals surface area contributed by atoms with Crippen molar-refractivity contribution in [2.24, 2.45) is 0 Å². The second-order valence-electron chi connectivity index (χ2n) is 4.97. The summed E-state index contributed by atoms with van der Waals surface area (Å²) < 4.78 is 5.54. The Balaban J connectivity index is 1.72. The van der Waals surface area contributed by atoms with Gasteiger partial charge in [0.2, 0.25) is 5.91 Å². The molecule has 0 bridgehead atoms. The van der Waals surface area contributed by atoms with Crippen LogP contribution in [0.5, 0.6) is 0 Å². The van der Waals surface area contributed by atoms with Crippen LogP contribution in [0.1, 0.15) is 18.1 Å². The molecule has 1 N–H and O–H groups in total. The highest BCUT2D eigenvalue weighted by Crippen LogP contribution is 2.23. The van der Waals surface area contributed by atoms with Crippen molar-refractivity contribution >= 4 is 5.91 Å². The van der Waals surface area contributed by atoms with Crippen LogP contribution in [0.4, 0.5) is 0 Å². The minimum absolute atomic E-state index is 0.0463. The highest BCUT2D eigenvalue weighted by Gasteiger charge is 2.34. The Bertz CT molecular complexity index is 436. The van der Waals surface area contributed by atoms with Crippen LogP contribution in [-0.4, -0.2) is 36.1 Å². The van der Waals surface area contributed by atoms with Gasteiger partial charge in [-0.1, -0.05) is 24.3 Å². The number of nitrogens with zero attached hydrogens (tertiary/aromatic N) is 1. The lowest BCUT2D eigenvalue weighted by Gasteiger charge is -2.32. The molecule has 2 heterocycles. The average molecular weight is 246 g/mol. The van der Waals surface area contributed by atoms with Gasteiger partial charge in [0.25, 0.3) is 0 Å². The lowest BCUT2D eigenvalue weighted by molar-refractivity contribution is -0.140. The number of benzene rings is 1. The van der Waals surface area contributed by atoms with E-state index >= 15 is 0 Å². The zero-order valence-corrected chi connectivity index (χ0v) is 10.6. The first-order valence-electron chi connectivity index (χ1n) is 6.46. The molecular weight excluding hydrogens is 228 g/mol. The molecule has 2 aliphatic rings. The number of hydrogen-bond acceptors (Lipinski definition) is 3. The van der Waals surface area contributed by atoms with Gasteiger partial charge in [-0.3, -0.25) is 4.79 Å². The number of hydrogen-bond donors (Lipinski definition) is 1. The van der Waals surface area contributed by atoms with Gasteiger partial charge in [-0.05, 0) is 18.1 Å². The van der Waals surface area contributed by atoms with Crippen LogP contribution in [-0.2, 0) is 22.6 Å². The fourth-order valence-electron chi connectivity index (χ4n) is 2.70. The van der Waals surface area contributed by atoms with Crippen LogP contribution < -0.4 is 5.32 Å². The standard InChI is InChI=1S/C14H18N2O2/c1-10-13(15-6-7-18-10)14(17)16-8-11-4-2-3-5-12(11)9-16/h2-5,10,13,15H,6-9H2,1H3/t10-,13+/m1/s1. The van der Waals surface area contributed by atoms with Crippen LogP contribution in [0.25, 0.3) is 0 Å². The fraction of sp³-hybridized carbons (Fsp3) is 0.500. The van der Waals surface area contributed by atoms with Gasteiger partial charge in [0.05, 0.1) is 12.7 Å². The van der Waals surface area contributed by atoms with E-state index in [0.29, 0.717) is 6.61 Å². The van der Waals surface area contributed by atoms with Crippen LogP contribution in [0.2, 0.25) is 0 Å². The Morgan fingerprint density at radius 1 is 1.33 bits per heavy atom. The third kappa shape index (κ3) is 2.02. The van der Waals surface area contributed by atoms with E-state index in [4.69, 9.17) is 4.74 Å². The van der Waals surface area contributed by atoms with Crippen molar-refractivity contribution in [1.29, 1.82) is 0 Å². The van der Waals surface area contributed by atoms with Crippen LogP contribution in [0.3, 0.4) is 0 Å². The minimum Gasteiger partial charge on any atom is -0.375 e. The summed E-state index contributed by atoms with van der Waals surface area (Å²) in [6.45, 7) is 4.84. The van der Waals surface area contributed by atoms with Crippen LogP contribution in [0, 0.1) is 0 Å². The molecule has 1 aromatic carbocycles. The Morgan fingerprint density at radius 2 is 2.00 bits per heavy atom. The second kappa shape index (κ2) is 4.71. The monoisotopic (exact) mass is 246 g/mol. The molecule has 4 heteroatoms. The predicted molar refractivity (Wildman–Crippen MR) is 67.9 cm³/mol. The summed E-state index contributed by atoms with van der Waals surface area (Å²) in [6.07, 6.45) is -0.0463. The van der Waals surface area contributed by atoms with E-state index in [1.807, 2.05) is 24.0 Å². The van der Waals surface area contributed by atoms with E-state index < -0.39 is 0 Å². The third-order valence-corrected chi connectivity index (χ3v) is 3.73. The van der Waals surface area contributed by atoms with Gasteiger partial charge in [0, 0.05) is 19.6 Å². The van der Waals surface area contributed by atoms with E-state index in [9.17, 15) is 4.79 Å². The molecule has 0 spiro atoms. The maximum absolute atomic E-state index is 12.5. The van der Waals surface area contributed by atoms with Crippen molar-refractivity contribution in [2.75, 3.05) is 13.2 Å². The van der Waals surface area contributed by atoms with Crippen LogP contribution >= 0.6 is 0 Å². The summed E-state index contributed by atoms with van der Waals surface area (Å²) in [6, 6.07) is 8.04. The maximum atomic E-state index is 12.5. The van der Waals surface area contributed by atoms with E-state index in [1.54, 1.807) is 0 Å². The highest BCUT2D eigenvalue weighted by molar-refractivity contribution is 5.83. The van der Waals surface area contributed by atoms with Gasteiger partial charge >= 0.3 is 0 Å². The molecule has 96 valence electrons. The first-order valence-corrected chi connectivity index (χ1v) is 6.46. The molecule has 0 radical (unpaired) electrons. The predicted octanol–water partition coefficient (Wildman–Crippen LogP) is 0.906. The Kier molecular flexibility index (Phi) is 3.06. The van der Waals surface area contributed by atoms with Gasteiger partial charge in [0.1, 0.15) is 6.04 Å². The molecule has 2 aliphatic heterocycles. The molecule has 0 aliphatic carbocycles. The molecular formula is C14H18N2O2. The van der Waals surface area contributed by atoms with Crippen molar-refractivity contribution in [1.82, 2.24) is 10.2 Å². The number of fused-ring (bicyclic) bond motifs is 1. The number of ether oxygens (including phenoxy) is 1.